The lowest BCUT2D eigenvalue weighted by Gasteiger charge is -2.30. The highest BCUT2D eigenvalue weighted by molar-refractivity contribution is 5.68. The summed E-state index contributed by atoms with van der Waals surface area (Å²) >= 11 is 0. The lowest BCUT2D eigenvalue weighted by atomic mass is 9.96. The third-order valence-electron chi connectivity index (χ3n) is 2.69. The smallest absolute Gasteiger partial charge is 0.312 e. The van der Waals surface area contributed by atoms with Gasteiger partial charge in [-0.05, 0) is 26.2 Å². The molecule has 1 saturated heterocycles. The molecule has 1 unspecified atom stereocenters. The number of rotatable bonds is 3. The number of aliphatic carboxylic acids is 1. The minimum absolute atomic E-state index is 0.123. The topological polar surface area (TPSA) is 85.5 Å². The van der Waals surface area contributed by atoms with Crippen LogP contribution in [0, 0.1) is 0 Å². The summed E-state index contributed by atoms with van der Waals surface area (Å²) in [6.45, 7) is 2.57. The average molecular weight is 226 g/mol. The lowest BCUT2D eigenvalue weighted by molar-refractivity contribution is -0.136. The molecule has 1 aromatic rings. The van der Waals surface area contributed by atoms with Crippen LogP contribution in [-0.4, -0.2) is 27.9 Å². The van der Waals surface area contributed by atoms with Crippen LogP contribution in [0.5, 0.6) is 0 Å². The van der Waals surface area contributed by atoms with Crippen LogP contribution in [-0.2, 0) is 21.6 Å². The molecule has 88 valence electrons. The van der Waals surface area contributed by atoms with Crippen LogP contribution < -0.4 is 0 Å². The highest BCUT2D eigenvalue weighted by Crippen LogP contribution is 2.33. The molecule has 0 radical (unpaired) electrons. The van der Waals surface area contributed by atoms with Crippen molar-refractivity contribution in [1.82, 2.24) is 10.2 Å². The standard InChI is InChI=1S/C10H14N2O4/c1-10(4-2-3-5-15-10)9-12-11-7(16-9)6-8(13)14/h2-6H2,1H3,(H,13,14). The van der Waals surface area contributed by atoms with Gasteiger partial charge in [0.05, 0.1) is 0 Å². The number of hydrogen-bond acceptors (Lipinski definition) is 5. The number of carbonyl (C=O) groups is 1. The van der Waals surface area contributed by atoms with Crippen molar-refractivity contribution in [3.63, 3.8) is 0 Å². The summed E-state index contributed by atoms with van der Waals surface area (Å²) in [6.07, 6.45) is 2.66. The van der Waals surface area contributed by atoms with Crippen LogP contribution >= 0.6 is 0 Å². The van der Waals surface area contributed by atoms with Crippen molar-refractivity contribution in [1.29, 1.82) is 0 Å². The Morgan fingerprint density at radius 1 is 1.50 bits per heavy atom. The SMILES string of the molecule is CC1(c2nnc(CC(=O)O)o2)CCCCO1. The van der Waals surface area contributed by atoms with Gasteiger partial charge in [0.1, 0.15) is 12.0 Å². The Hall–Kier alpha value is -1.43. The van der Waals surface area contributed by atoms with Crippen LogP contribution in [0.25, 0.3) is 0 Å². The van der Waals surface area contributed by atoms with Gasteiger partial charge in [-0.1, -0.05) is 0 Å². The quantitative estimate of drug-likeness (QED) is 0.831. The fourth-order valence-corrected chi connectivity index (χ4v) is 1.77. The van der Waals surface area contributed by atoms with E-state index in [1.165, 1.54) is 0 Å². The molecule has 1 aliphatic rings. The van der Waals surface area contributed by atoms with Crippen LogP contribution in [0.15, 0.2) is 4.42 Å². The molecule has 0 spiro atoms. The van der Waals surface area contributed by atoms with E-state index in [1.807, 2.05) is 6.92 Å². The fraction of sp³-hybridized carbons (Fsp3) is 0.700. The molecule has 6 nitrogen and oxygen atoms in total. The Kier molecular flexibility index (Phi) is 2.91. The Labute approximate surface area is 92.6 Å². The van der Waals surface area contributed by atoms with Gasteiger partial charge in [0, 0.05) is 6.61 Å². The molecule has 0 aromatic carbocycles. The van der Waals surface area contributed by atoms with Crippen molar-refractivity contribution in [2.24, 2.45) is 0 Å². The van der Waals surface area contributed by atoms with Gasteiger partial charge in [0.2, 0.25) is 11.8 Å². The number of aromatic nitrogens is 2. The molecule has 1 aromatic heterocycles. The lowest BCUT2D eigenvalue weighted by Crippen LogP contribution is -2.30. The fourth-order valence-electron chi connectivity index (χ4n) is 1.77. The van der Waals surface area contributed by atoms with E-state index >= 15 is 0 Å². The number of ether oxygens (including phenoxy) is 1. The first-order chi connectivity index (χ1) is 7.60. The number of carboxylic acids is 1. The maximum absolute atomic E-state index is 10.5. The largest absolute Gasteiger partial charge is 0.481 e. The predicted molar refractivity (Wildman–Crippen MR) is 52.8 cm³/mol. The van der Waals surface area contributed by atoms with E-state index in [9.17, 15) is 4.79 Å². The molecule has 1 atom stereocenters. The highest BCUT2D eigenvalue weighted by Gasteiger charge is 2.35. The summed E-state index contributed by atoms with van der Waals surface area (Å²) < 4.78 is 10.9. The first-order valence-corrected chi connectivity index (χ1v) is 5.29. The molecule has 0 bridgehead atoms. The number of carboxylic acid groups (broad SMARTS) is 1. The zero-order valence-electron chi connectivity index (χ0n) is 9.10. The zero-order chi connectivity index (χ0) is 11.6. The highest BCUT2D eigenvalue weighted by atomic mass is 16.5. The van der Waals surface area contributed by atoms with E-state index in [2.05, 4.69) is 10.2 Å². The molecule has 2 heterocycles. The van der Waals surface area contributed by atoms with Crippen LogP contribution in [0.1, 0.15) is 38.0 Å². The summed E-state index contributed by atoms with van der Waals surface area (Å²) in [4.78, 5) is 10.5. The minimum Gasteiger partial charge on any atom is -0.481 e. The van der Waals surface area contributed by atoms with E-state index in [4.69, 9.17) is 14.3 Å². The van der Waals surface area contributed by atoms with E-state index in [1.54, 1.807) is 0 Å². The summed E-state index contributed by atoms with van der Waals surface area (Å²) in [5, 5.41) is 16.2. The second-order valence-electron chi connectivity index (χ2n) is 4.11. The average Bonchev–Trinajstić information content (AvgIpc) is 2.67. The Morgan fingerprint density at radius 3 is 2.94 bits per heavy atom. The van der Waals surface area contributed by atoms with Crippen molar-refractivity contribution in [3.8, 4) is 0 Å². The molecule has 1 N–H and O–H groups in total. The summed E-state index contributed by atoms with van der Waals surface area (Å²) in [5.41, 5.74) is -0.554. The molecule has 2 rings (SSSR count). The first kappa shape index (κ1) is 11.1. The third-order valence-corrected chi connectivity index (χ3v) is 2.69. The van der Waals surface area contributed by atoms with Crippen molar-refractivity contribution < 1.29 is 19.1 Å². The zero-order valence-corrected chi connectivity index (χ0v) is 9.10. The van der Waals surface area contributed by atoms with Gasteiger partial charge in [0.15, 0.2) is 0 Å². The monoisotopic (exact) mass is 226 g/mol. The second-order valence-corrected chi connectivity index (χ2v) is 4.11. The number of hydrogen-bond donors (Lipinski definition) is 1. The Balaban J connectivity index is 2.13. The van der Waals surface area contributed by atoms with Gasteiger partial charge in [-0.2, -0.15) is 0 Å². The Morgan fingerprint density at radius 2 is 2.31 bits per heavy atom. The molecule has 0 amide bonds. The predicted octanol–water partition coefficient (Wildman–Crippen LogP) is 1.11. The van der Waals surface area contributed by atoms with E-state index in [-0.39, 0.29) is 12.3 Å². The second kappa shape index (κ2) is 4.21. The normalized spacial score (nSPS) is 25.6. The van der Waals surface area contributed by atoms with Gasteiger partial charge in [-0.25, -0.2) is 0 Å². The van der Waals surface area contributed by atoms with Crippen LogP contribution in [0.4, 0.5) is 0 Å². The Bertz CT molecular complexity index is 382. The maximum Gasteiger partial charge on any atom is 0.312 e. The molecule has 0 aliphatic carbocycles. The summed E-state index contributed by atoms with van der Waals surface area (Å²) in [6, 6.07) is 0. The molecule has 1 aliphatic heterocycles. The van der Waals surface area contributed by atoms with Gasteiger partial charge in [0.25, 0.3) is 0 Å². The van der Waals surface area contributed by atoms with Crippen molar-refractivity contribution >= 4 is 5.97 Å². The van der Waals surface area contributed by atoms with Crippen molar-refractivity contribution in [3.05, 3.63) is 11.8 Å². The van der Waals surface area contributed by atoms with E-state index < -0.39 is 11.6 Å². The van der Waals surface area contributed by atoms with Crippen molar-refractivity contribution in [2.75, 3.05) is 6.61 Å². The first-order valence-electron chi connectivity index (χ1n) is 5.29. The molecule has 1 fully saturated rings. The maximum atomic E-state index is 10.5. The third kappa shape index (κ3) is 2.21. The van der Waals surface area contributed by atoms with E-state index in [0.717, 1.165) is 19.3 Å². The van der Waals surface area contributed by atoms with Crippen molar-refractivity contribution in [2.45, 2.75) is 38.2 Å². The molecule has 16 heavy (non-hydrogen) atoms. The molecule has 6 heteroatoms. The van der Waals surface area contributed by atoms with Gasteiger partial charge in [-0.3, -0.25) is 4.79 Å². The molecule has 0 saturated carbocycles. The summed E-state index contributed by atoms with van der Waals surface area (Å²) in [7, 11) is 0. The number of nitrogens with zero attached hydrogens (tertiary/aromatic N) is 2. The van der Waals surface area contributed by atoms with Gasteiger partial charge in [-0.15, -0.1) is 10.2 Å². The van der Waals surface area contributed by atoms with Gasteiger partial charge < -0.3 is 14.3 Å². The van der Waals surface area contributed by atoms with Gasteiger partial charge >= 0.3 is 5.97 Å². The summed E-state index contributed by atoms with van der Waals surface area (Å²) in [5.74, 6) is -0.480. The van der Waals surface area contributed by atoms with Crippen LogP contribution in [0.3, 0.4) is 0 Å². The molecular weight excluding hydrogens is 212 g/mol. The van der Waals surface area contributed by atoms with E-state index in [0.29, 0.717) is 12.5 Å². The minimum atomic E-state index is -0.982. The van der Waals surface area contributed by atoms with Crippen LogP contribution in [0.2, 0.25) is 0 Å². The molecular formula is C10H14N2O4.